The highest BCUT2D eigenvalue weighted by Gasteiger charge is 2.34. The molecule has 0 aromatic carbocycles. The molecule has 0 bridgehead atoms. The first kappa shape index (κ1) is 17.4. The predicted octanol–water partition coefficient (Wildman–Crippen LogP) is 1.64. The largest absolute Gasteiger partial charge is 0.336 e. The molecule has 22 heavy (non-hydrogen) atoms. The molecule has 0 aliphatic carbocycles. The molecule has 1 aromatic rings. The van der Waals surface area contributed by atoms with E-state index in [1.807, 2.05) is 11.5 Å². The minimum Gasteiger partial charge on any atom is -0.336 e. The van der Waals surface area contributed by atoms with Crippen LogP contribution in [0.2, 0.25) is 0 Å². The summed E-state index contributed by atoms with van der Waals surface area (Å²) in [6.07, 6.45) is 4.96. The normalized spacial score (nSPS) is 22.1. The van der Waals surface area contributed by atoms with Crippen molar-refractivity contribution in [3.05, 3.63) is 12.5 Å². The second kappa shape index (κ2) is 7.10. The predicted molar refractivity (Wildman–Crippen MR) is 87.1 cm³/mol. The van der Waals surface area contributed by atoms with Crippen LogP contribution in [0, 0.1) is 5.92 Å². The molecule has 2 rings (SSSR count). The Morgan fingerprint density at radius 3 is 2.73 bits per heavy atom. The van der Waals surface area contributed by atoms with Crippen LogP contribution in [0.15, 0.2) is 17.6 Å². The molecule has 126 valence electrons. The zero-order valence-corrected chi connectivity index (χ0v) is 14.9. The molecule has 1 saturated heterocycles. The molecular weight excluding hydrogens is 300 g/mol. The Morgan fingerprint density at radius 1 is 1.36 bits per heavy atom. The van der Waals surface area contributed by atoms with Crippen LogP contribution in [0.3, 0.4) is 0 Å². The first-order valence-electron chi connectivity index (χ1n) is 8.06. The summed E-state index contributed by atoms with van der Waals surface area (Å²) in [5.41, 5.74) is 0. The van der Waals surface area contributed by atoms with E-state index in [9.17, 15) is 8.42 Å². The van der Waals surface area contributed by atoms with Gasteiger partial charge in [0.25, 0.3) is 10.0 Å². The Hall–Kier alpha value is -0.920. The van der Waals surface area contributed by atoms with Gasteiger partial charge in [-0.05, 0) is 32.4 Å². The molecule has 1 fully saturated rings. The third-order valence-electron chi connectivity index (χ3n) is 4.08. The molecule has 0 N–H and O–H groups in total. The summed E-state index contributed by atoms with van der Waals surface area (Å²) < 4.78 is 29.4. The van der Waals surface area contributed by atoms with Gasteiger partial charge in [0.15, 0.2) is 5.03 Å². The summed E-state index contributed by atoms with van der Waals surface area (Å²) in [6.45, 7) is 9.32. The summed E-state index contributed by atoms with van der Waals surface area (Å²) in [7, 11) is -1.46. The van der Waals surface area contributed by atoms with Crippen LogP contribution in [-0.2, 0) is 16.6 Å². The van der Waals surface area contributed by atoms with Crippen molar-refractivity contribution in [1.29, 1.82) is 0 Å². The van der Waals surface area contributed by atoms with Gasteiger partial charge in [-0.2, -0.15) is 4.31 Å². The van der Waals surface area contributed by atoms with Gasteiger partial charge in [-0.3, -0.25) is 0 Å². The molecule has 1 aromatic heterocycles. The van der Waals surface area contributed by atoms with E-state index in [4.69, 9.17) is 0 Å². The maximum Gasteiger partial charge on any atom is 0.262 e. The summed E-state index contributed by atoms with van der Waals surface area (Å²) in [4.78, 5) is 6.36. The Kier molecular flexibility index (Phi) is 5.63. The number of hydrogen-bond donors (Lipinski definition) is 0. The zero-order valence-electron chi connectivity index (χ0n) is 14.1. The van der Waals surface area contributed by atoms with Gasteiger partial charge in [-0.25, -0.2) is 13.4 Å². The van der Waals surface area contributed by atoms with Gasteiger partial charge in [-0.1, -0.05) is 20.8 Å². The molecule has 1 aliphatic rings. The Balaban J connectivity index is 2.25. The third kappa shape index (κ3) is 3.88. The van der Waals surface area contributed by atoms with E-state index >= 15 is 0 Å². The van der Waals surface area contributed by atoms with Gasteiger partial charge in [0.05, 0.1) is 6.33 Å². The fourth-order valence-corrected chi connectivity index (χ4v) is 4.65. The SMILES string of the molecule is CC[C@@H]1CN(C)CCCN1S(=O)(=O)c1cn(CC(C)C)cn1. The number of hydrogen-bond acceptors (Lipinski definition) is 4. The fraction of sp³-hybridized carbons (Fsp3) is 0.800. The average molecular weight is 328 g/mol. The van der Waals surface area contributed by atoms with Crippen LogP contribution in [0.1, 0.15) is 33.6 Å². The van der Waals surface area contributed by atoms with Crippen LogP contribution in [-0.4, -0.2) is 59.9 Å². The monoisotopic (exact) mass is 328 g/mol. The van der Waals surface area contributed by atoms with Gasteiger partial charge in [0, 0.05) is 31.9 Å². The molecule has 0 unspecified atom stereocenters. The topological polar surface area (TPSA) is 58.4 Å². The lowest BCUT2D eigenvalue weighted by Crippen LogP contribution is -2.43. The summed E-state index contributed by atoms with van der Waals surface area (Å²) >= 11 is 0. The van der Waals surface area contributed by atoms with Gasteiger partial charge in [0.2, 0.25) is 0 Å². The van der Waals surface area contributed by atoms with Gasteiger partial charge < -0.3 is 9.47 Å². The highest BCUT2D eigenvalue weighted by molar-refractivity contribution is 7.89. The van der Waals surface area contributed by atoms with E-state index in [0.717, 1.165) is 32.5 Å². The fourth-order valence-electron chi connectivity index (χ4n) is 2.98. The van der Waals surface area contributed by atoms with E-state index < -0.39 is 10.0 Å². The molecule has 2 heterocycles. The van der Waals surface area contributed by atoms with Crippen LogP contribution >= 0.6 is 0 Å². The first-order chi connectivity index (χ1) is 10.3. The quantitative estimate of drug-likeness (QED) is 0.824. The highest BCUT2D eigenvalue weighted by atomic mass is 32.2. The smallest absolute Gasteiger partial charge is 0.262 e. The van der Waals surface area contributed by atoms with Gasteiger partial charge in [0.1, 0.15) is 0 Å². The highest BCUT2D eigenvalue weighted by Crippen LogP contribution is 2.21. The zero-order chi connectivity index (χ0) is 16.3. The average Bonchev–Trinajstić information content (AvgIpc) is 2.80. The second-order valence-electron chi connectivity index (χ2n) is 6.60. The minimum absolute atomic E-state index is 0.0211. The molecular formula is C15H28N4O2S. The van der Waals surface area contributed by atoms with Crippen molar-refractivity contribution in [2.75, 3.05) is 26.7 Å². The number of aromatic nitrogens is 2. The summed E-state index contributed by atoms with van der Waals surface area (Å²) in [6, 6.07) is 0.0211. The van der Waals surface area contributed by atoms with E-state index in [-0.39, 0.29) is 11.1 Å². The summed E-state index contributed by atoms with van der Waals surface area (Å²) in [5.74, 6) is 0.458. The van der Waals surface area contributed by atoms with E-state index in [0.29, 0.717) is 12.5 Å². The molecule has 0 spiro atoms. The molecule has 0 radical (unpaired) electrons. The van der Waals surface area contributed by atoms with Crippen molar-refractivity contribution in [2.45, 2.75) is 51.2 Å². The van der Waals surface area contributed by atoms with Gasteiger partial charge in [-0.15, -0.1) is 0 Å². The van der Waals surface area contributed by atoms with Crippen molar-refractivity contribution >= 4 is 10.0 Å². The van der Waals surface area contributed by atoms with E-state index in [2.05, 4.69) is 30.8 Å². The number of nitrogens with zero attached hydrogens (tertiary/aromatic N) is 4. The van der Waals surface area contributed by atoms with E-state index in [1.54, 1.807) is 16.8 Å². The van der Waals surface area contributed by atoms with Crippen molar-refractivity contribution in [3.8, 4) is 0 Å². The maximum absolute atomic E-state index is 12.9. The lowest BCUT2D eigenvalue weighted by Gasteiger charge is -2.28. The molecule has 0 saturated carbocycles. The number of sulfonamides is 1. The second-order valence-corrected chi connectivity index (χ2v) is 8.43. The molecule has 1 atom stereocenters. The summed E-state index contributed by atoms with van der Waals surface area (Å²) in [5, 5.41) is 0.177. The lowest BCUT2D eigenvalue weighted by atomic mass is 10.2. The first-order valence-corrected chi connectivity index (χ1v) is 9.50. The Morgan fingerprint density at radius 2 is 2.09 bits per heavy atom. The van der Waals surface area contributed by atoms with E-state index in [1.165, 1.54) is 0 Å². The Labute approximate surface area is 134 Å². The number of likely N-dealkylation sites (N-methyl/N-ethyl adjacent to an activating group) is 1. The van der Waals surface area contributed by atoms with Crippen molar-refractivity contribution in [3.63, 3.8) is 0 Å². The third-order valence-corrected chi connectivity index (χ3v) is 5.92. The maximum atomic E-state index is 12.9. The van der Waals surface area contributed by atoms with Crippen LogP contribution in [0.4, 0.5) is 0 Å². The Bertz CT molecular complexity index is 582. The van der Waals surface area contributed by atoms with Gasteiger partial charge >= 0.3 is 0 Å². The van der Waals surface area contributed by atoms with Crippen LogP contribution in [0.5, 0.6) is 0 Å². The molecule has 7 heteroatoms. The van der Waals surface area contributed by atoms with Crippen LogP contribution < -0.4 is 0 Å². The lowest BCUT2D eigenvalue weighted by molar-refractivity contribution is 0.270. The standard InChI is InChI=1S/C15H28N4O2S/c1-5-14-10-17(4)7-6-8-19(14)22(20,21)15-11-18(12-16-15)9-13(2)3/h11-14H,5-10H2,1-4H3/t14-/m1/s1. The van der Waals surface area contributed by atoms with Crippen molar-refractivity contribution < 1.29 is 8.42 Å². The number of rotatable bonds is 5. The van der Waals surface area contributed by atoms with Crippen molar-refractivity contribution in [2.24, 2.45) is 5.92 Å². The molecule has 0 amide bonds. The van der Waals surface area contributed by atoms with Crippen molar-refractivity contribution in [1.82, 2.24) is 18.8 Å². The molecule has 6 nitrogen and oxygen atoms in total. The minimum atomic E-state index is -3.51. The van der Waals surface area contributed by atoms with Crippen LogP contribution in [0.25, 0.3) is 0 Å². The molecule has 1 aliphatic heterocycles. The number of imidazole rings is 1.